The maximum Gasteiger partial charge on any atom is 0.239 e. The van der Waals surface area contributed by atoms with Gasteiger partial charge in [-0.15, -0.1) is 11.6 Å². The molecular weight excluding hydrogens is 180 g/mol. The van der Waals surface area contributed by atoms with Gasteiger partial charge in [0.05, 0.1) is 6.54 Å². The third-order valence-corrected chi connectivity index (χ3v) is 1.93. The van der Waals surface area contributed by atoms with Crippen LogP contribution in [0.25, 0.3) is 0 Å². The highest BCUT2D eigenvalue weighted by molar-refractivity contribution is 6.27. The molecule has 12 heavy (non-hydrogen) atoms. The molecule has 1 unspecified atom stereocenters. The van der Waals surface area contributed by atoms with Crippen molar-refractivity contribution in [3.05, 3.63) is 0 Å². The Balaban J connectivity index is 2.55. The van der Waals surface area contributed by atoms with E-state index in [-0.39, 0.29) is 30.3 Å². The van der Waals surface area contributed by atoms with E-state index in [4.69, 9.17) is 11.6 Å². The highest BCUT2D eigenvalue weighted by atomic mass is 35.5. The van der Waals surface area contributed by atoms with Crippen molar-refractivity contribution in [1.29, 1.82) is 0 Å². The number of piperazine rings is 1. The minimum atomic E-state index is -0.182. The van der Waals surface area contributed by atoms with E-state index in [1.54, 1.807) is 0 Å². The molecule has 1 N–H and O–H groups in total. The van der Waals surface area contributed by atoms with Crippen molar-refractivity contribution >= 4 is 23.4 Å². The fourth-order valence-electron chi connectivity index (χ4n) is 1.21. The van der Waals surface area contributed by atoms with Gasteiger partial charge in [-0.2, -0.15) is 0 Å². The molecule has 0 aliphatic carbocycles. The summed E-state index contributed by atoms with van der Waals surface area (Å²) < 4.78 is 0. The van der Waals surface area contributed by atoms with Crippen LogP contribution in [0.1, 0.15) is 6.92 Å². The molecule has 1 fully saturated rings. The van der Waals surface area contributed by atoms with Crippen LogP contribution >= 0.6 is 11.6 Å². The predicted octanol–water partition coefficient (Wildman–Crippen LogP) is -0.428. The van der Waals surface area contributed by atoms with Gasteiger partial charge in [0, 0.05) is 12.6 Å². The fourth-order valence-corrected chi connectivity index (χ4v) is 1.38. The van der Waals surface area contributed by atoms with E-state index in [0.29, 0.717) is 6.54 Å². The van der Waals surface area contributed by atoms with E-state index >= 15 is 0 Å². The molecule has 2 amide bonds. The second-order valence-corrected chi connectivity index (χ2v) is 3.14. The van der Waals surface area contributed by atoms with Gasteiger partial charge in [0.15, 0.2) is 0 Å². The molecule has 5 heteroatoms. The molecular formula is C7H11ClN2O2. The van der Waals surface area contributed by atoms with Crippen molar-refractivity contribution in [3.8, 4) is 0 Å². The van der Waals surface area contributed by atoms with Crippen LogP contribution in [0, 0.1) is 0 Å². The van der Waals surface area contributed by atoms with Gasteiger partial charge in [0.25, 0.3) is 0 Å². The highest BCUT2D eigenvalue weighted by Crippen LogP contribution is 2.00. The number of rotatable bonds is 1. The Morgan fingerprint density at radius 2 is 2.50 bits per heavy atom. The van der Waals surface area contributed by atoms with Crippen molar-refractivity contribution in [1.82, 2.24) is 10.2 Å². The number of alkyl halides is 1. The second kappa shape index (κ2) is 3.76. The molecule has 4 nitrogen and oxygen atoms in total. The van der Waals surface area contributed by atoms with E-state index < -0.39 is 0 Å². The maximum atomic E-state index is 11.1. The Hall–Kier alpha value is -0.770. The molecule has 1 rings (SSSR count). The standard InChI is InChI=1S/C7H11ClN2O2/c1-5-3-10(7(12)2-8)4-6(11)9-5/h5H,2-4H2,1H3,(H,9,11). The molecule has 0 bridgehead atoms. The van der Waals surface area contributed by atoms with Gasteiger partial charge in [0.2, 0.25) is 11.8 Å². The molecule has 1 atom stereocenters. The number of nitrogens with one attached hydrogen (secondary N) is 1. The summed E-state index contributed by atoms with van der Waals surface area (Å²) in [6, 6.07) is 0.0263. The molecule has 0 spiro atoms. The lowest BCUT2D eigenvalue weighted by Gasteiger charge is -2.30. The van der Waals surface area contributed by atoms with E-state index in [9.17, 15) is 9.59 Å². The van der Waals surface area contributed by atoms with Crippen LogP contribution in [0.15, 0.2) is 0 Å². The summed E-state index contributed by atoms with van der Waals surface area (Å²) in [6.07, 6.45) is 0. The molecule has 1 saturated heterocycles. The first-order valence-corrected chi connectivity index (χ1v) is 4.30. The first-order valence-electron chi connectivity index (χ1n) is 3.76. The Bertz CT molecular complexity index is 208. The van der Waals surface area contributed by atoms with Gasteiger partial charge < -0.3 is 10.2 Å². The molecule has 68 valence electrons. The van der Waals surface area contributed by atoms with E-state index in [1.165, 1.54) is 4.90 Å². The van der Waals surface area contributed by atoms with E-state index in [0.717, 1.165) is 0 Å². The number of nitrogens with zero attached hydrogens (tertiary/aromatic N) is 1. The lowest BCUT2D eigenvalue weighted by molar-refractivity contribution is -0.137. The average Bonchev–Trinajstić information content (AvgIpc) is 2.01. The predicted molar refractivity (Wildman–Crippen MR) is 44.9 cm³/mol. The molecule has 0 aromatic rings. The third kappa shape index (κ3) is 2.11. The van der Waals surface area contributed by atoms with Crippen LogP contribution in [0.3, 0.4) is 0 Å². The highest BCUT2D eigenvalue weighted by Gasteiger charge is 2.24. The van der Waals surface area contributed by atoms with Crippen molar-refractivity contribution in [3.63, 3.8) is 0 Å². The Morgan fingerprint density at radius 3 is 3.00 bits per heavy atom. The van der Waals surface area contributed by atoms with Crippen molar-refractivity contribution in [2.75, 3.05) is 19.0 Å². The summed E-state index contributed by atoms with van der Waals surface area (Å²) in [7, 11) is 0. The number of hydrogen-bond donors (Lipinski definition) is 1. The number of hydrogen-bond acceptors (Lipinski definition) is 2. The molecule has 0 aromatic heterocycles. The summed E-state index contributed by atoms with van der Waals surface area (Å²) in [6.45, 7) is 2.54. The van der Waals surface area contributed by atoms with Crippen molar-refractivity contribution in [2.45, 2.75) is 13.0 Å². The molecule has 1 heterocycles. The zero-order valence-corrected chi connectivity index (χ0v) is 7.60. The molecule has 0 aromatic carbocycles. The SMILES string of the molecule is CC1CN(C(=O)CCl)CC(=O)N1. The first kappa shape index (κ1) is 9.32. The second-order valence-electron chi connectivity index (χ2n) is 2.88. The zero-order chi connectivity index (χ0) is 9.14. The van der Waals surface area contributed by atoms with Crippen molar-refractivity contribution in [2.24, 2.45) is 0 Å². The zero-order valence-electron chi connectivity index (χ0n) is 6.84. The van der Waals surface area contributed by atoms with Crippen molar-refractivity contribution < 1.29 is 9.59 Å². The van der Waals surface area contributed by atoms with Crippen LogP contribution in [0.5, 0.6) is 0 Å². The van der Waals surface area contributed by atoms with E-state index in [2.05, 4.69) is 5.32 Å². The van der Waals surface area contributed by atoms with Crippen LogP contribution < -0.4 is 5.32 Å². The molecule has 0 radical (unpaired) electrons. The lowest BCUT2D eigenvalue weighted by Crippen LogP contribution is -2.54. The topological polar surface area (TPSA) is 49.4 Å². The van der Waals surface area contributed by atoms with Crippen LogP contribution in [-0.2, 0) is 9.59 Å². The molecule has 1 aliphatic heterocycles. The Kier molecular flexibility index (Phi) is 2.92. The van der Waals surface area contributed by atoms with Crippen LogP contribution in [-0.4, -0.2) is 41.7 Å². The smallest absolute Gasteiger partial charge is 0.239 e. The molecule has 1 aliphatic rings. The summed E-state index contributed by atoms with van der Waals surface area (Å²) in [5.74, 6) is -0.356. The minimum absolute atomic E-state index is 0.0263. The Morgan fingerprint density at radius 1 is 1.83 bits per heavy atom. The first-order chi connectivity index (χ1) is 5.63. The fraction of sp³-hybridized carbons (Fsp3) is 0.714. The van der Waals surface area contributed by atoms with Gasteiger partial charge in [0.1, 0.15) is 5.88 Å². The van der Waals surface area contributed by atoms with E-state index in [1.807, 2.05) is 6.92 Å². The van der Waals surface area contributed by atoms with Gasteiger partial charge in [-0.25, -0.2) is 0 Å². The van der Waals surface area contributed by atoms with Gasteiger partial charge in [-0.1, -0.05) is 0 Å². The Labute approximate surface area is 75.9 Å². The molecule has 0 saturated carbocycles. The summed E-state index contributed by atoms with van der Waals surface area (Å²) in [5.41, 5.74) is 0. The lowest BCUT2D eigenvalue weighted by atomic mass is 10.2. The van der Waals surface area contributed by atoms with Gasteiger partial charge in [-0.05, 0) is 6.92 Å². The van der Waals surface area contributed by atoms with Gasteiger partial charge in [-0.3, -0.25) is 9.59 Å². The summed E-state index contributed by atoms with van der Waals surface area (Å²) in [4.78, 5) is 23.5. The number of halogens is 1. The van der Waals surface area contributed by atoms with Crippen LogP contribution in [0.2, 0.25) is 0 Å². The number of carbonyl (C=O) groups excluding carboxylic acids is 2. The monoisotopic (exact) mass is 190 g/mol. The average molecular weight is 191 g/mol. The number of carbonyl (C=O) groups is 2. The summed E-state index contributed by atoms with van der Waals surface area (Å²) >= 11 is 5.36. The maximum absolute atomic E-state index is 11.1. The van der Waals surface area contributed by atoms with Crippen LogP contribution in [0.4, 0.5) is 0 Å². The van der Waals surface area contributed by atoms with Gasteiger partial charge >= 0.3 is 0 Å². The summed E-state index contributed by atoms with van der Waals surface area (Å²) in [5, 5.41) is 2.71. The number of amides is 2. The largest absolute Gasteiger partial charge is 0.350 e. The quantitative estimate of drug-likeness (QED) is 0.571. The minimum Gasteiger partial charge on any atom is -0.350 e. The normalized spacial score (nSPS) is 23.7. The third-order valence-electron chi connectivity index (χ3n) is 1.70.